The summed E-state index contributed by atoms with van der Waals surface area (Å²) >= 11 is 1.30. The third-order valence-electron chi connectivity index (χ3n) is 3.45. The number of allylic oxidation sites excluding steroid dienone is 1. The first-order valence-electron chi connectivity index (χ1n) is 8.60. The molecule has 1 unspecified atom stereocenters. The van der Waals surface area contributed by atoms with E-state index in [2.05, 4.69) is 22.1 Å². The molecule has 0 saturated heterocycles. The van der Waals surface area contributed by atoms with Crippen LogP contribution in [0.3, 0.4) is 0 Å². The summed E-state index contributed by atoms with van der Waals surface area (Å²) < 4.78 is 21.0. The second-order valence-corrected chi connectivity index (χ2v) is 8.32. The van der Waals surface area contributed by atoms with Gasteiger partial charge in [-0.05, 0) is 39.8 Å². The van der Waals surface area contributed by atoms with E-state index in [-0.39, 0.29) is 29.1 Å². The Bertz CT molecular complexity index is 801. The van der Waals surface area contributed by atoms with Gasteiger partial charge in [0.2, 0.25) is 5.91 Å². The molecule has 2 aromatic rings. The van der Waals surface area contributed by atoms with Gasteiger partial charge in [-0.3, -0.25) is 9.36 Å². The summed E-state index contributed by atoms with van der Waals surface area (Å²) in [5, 5.41) is 11.5. The molecule has 0 bridgehead atoms. The van der Waals surface area contributed by atoms with Crippen LogP contribution in [0.1, 0.15) is 33.5 Å². The van der Waals surface area contributed by atoms with E-state index in [4.69, 9.17) is 4.74 Å². The van der Waals surface area contributed by atoms with Crippen molar-refractivity contribution < 1.29 is 13.9 Å². The fraction of sp³-hybridized carbons (Fsp3) is 0.421. The Morgan fingerprint density at radius 3 is 2.74 bits per heavy atom. The van der Waals surface area contributed by atoms with Crippen LogP contribution in [0.4, 0.5) is 4.39 Å². The minimum Gasteiger partial charge on any atom is -0.483 e. The fourth-order valence-corrected chi connectivity index (χ4v) is 3.09. The number of amides is 1. The number of rotatable bonds is 8. The van der Waals surface area contributed by atoms with Crippen molar-refractivity contribution in [2.24, 2.45) is 0 Å². The average molecular weight is 393 g/mol. The maximum atomic E-state index is 13.7. The lowest BCUT2D eigenvalue weighted by molar-refractivity contribution is -0.121. The first-order chi connectivity index (χ1) is 12.7. The molecule has 1 aromatic carbocycles. The van der Waals surface area contributed by atoms with Crippen molar-refractivity contribution in [3.05, 3.63) is 48.6 Å². The maximum absolute atomic E-state index is 13.7. The van der Waals surface area contributed by atoms with E-state index in [0.717, 1.165) is 0 Å². The fourth-order valence-electron chi connectivity index (χ4n) is 2.21. The molecule has 6 nitrogen and oxygen atoms in total. The van der Waals surface area contributed by atoms with Crippen molar-refractivity contribution >= 4 is 17.7 Å². The topological polar surface area (TPSA) is 69.0 Å². The standard InChI is InChI=1S/C19H25FN4O2S/c1-6-11-24-16(12-26-15-10-8-7-9-14(15)20)22-23-18(24)27-13(2)17(25)21-19(3,4)5/h6-10,13H,1,11-12H2,2-5H3,(H,21,25). The van der Waals surface area contributed by atoms with Crippen LogP contribution in [0.15, 0.2) is 42.1 Å². The second-order valence-electron chi connectivity index (χ2n) is 7.02. The normalized spacial score (nSPS) is 12.5. The molecule has 0 saturated carbocycles. The van der Waals surface area contributed by atoms with Gasteiger partial charge in [0.1, 0.15) is 6.61 Å². The van der Waals surface area contributed by atoms with Gasteiger partial charge >= 0.3 is 0 Å². The molecule has 0 spiro atoms. The average Bonchev–Trinajstić information content (AvgIpc) is 2.95. The number of aromatic nitrogens is 3. The maximum Gasteiger partial charge on any atom is 0.233 e. The highest BCUT2D eigenvalue weighted by Gasteiger charge is 2.23. The summed E-state index contributed by atoms with van der Waals surface area (Å²) in [6, 6.07) is 6.18. The molecule has 0 aliphatic rings. The number of carbonyl (C=O) groups excluding carboxylic acids is 1. The monoisotopic (exact) mass is 392 g/mol. The van der Waals surface area contributed by atoms with Gasteiger partial charge in [-0.15, -0.1) is 16.8 Å². The largest absolute Gasteiger partial charge is 0.483 e. The lowest BCUT2D eigenvalue weighted by Gasteiger charge is -2.22. The van der Waals surface area contributed by atoms with E-state index < -0.39 is 5.82 Å². The zero-order chi connectivity index (χ0) is 20.0. The van der Waals surface area contributed by atoms with Crippen LogP contribution in [0, 0.1) is 5.82 Å². The Labute approximate surface area is 163 Å². The Morgan fingerprint density at radius 1 is 1.41 bits per heavy atom. The molecule has 146 valence electrons. The molecule has 0 radical (unpaired) electrons. The van der Waals surface area contributed by atoms with Gasteiger partial charge in [0.25, 0.3) is 0 Å². The Kier molecular flexibility index (Phi) is 7.01. The Hall–Kier alpha value is -2.35. The first-order valence-corrected chi connectivity index (χ1v) is 9.48. The molecule has 0 aliphatic heterocycles. The van der Waals surface area contributed by atoms with Crippen LogP contribution in [0.5, 0.6) is 5.75 Å². The van der Waals surface area contributed by atoms with Crippen molar-refractivity contribution in [1.82, 2.24) is 20.1 Å². The smallest absolute Gasteiger partial charge is 0.233 e. The summed E-state index contributed by atoms with van der Waals surface area (Å²) in [4.78, 5) is 12.3. The first kappa shape index (κ1) is 21.0. The zero-order valence-corrected chi connectivity index (χ0v) is 16.8. The van der Waals surface area contributed by atoms with Crippen LogP contribution in [0.25, 0.3) is 0 Å². The SMILES string of the molecule is C=CCn1c(COc2ccccc2F)nnc1SC(C)C(=O)NC(C)(C)C. The van der Waals surface area contributed by atoms with Gasteiger partial charge in [0, 0.05) is 12.1 Å². The van der Waals surface area contributed by atoms with E-state index in [9.17, 15) is 9.18 Å². The summed E-state index contributed by atoms with van der Waals surface area (Å²) in [5.41, 5.74) is -0.306. The van der Waals surface area contributed by atoms with Crippen LogP contribution in [0.2, 0.25) is 0 Å². The van der Waals surface area contributed by atoms with Crippen molar-refractivity contribution in [3.8, 4) is 5.75 Å². The number of benzene rings is 1. The predicted molar refractivity (Wildman–Crippen MR) is 104 cm³/mol. The van der Waals surface area contributed by atoms with Gasteiger partial charge in [-0.25, -0.2) is 4.39 Å². The minimum atomic E-state index is -0.436. The number of hydrogen-bond acceptors (Lipinski definition) is 5. The Morgan fingerprint density at radius 2 is 2.11 bits per heavy atom. The highest BCUT2D eigenvalue weighted by atomic mass is 32.2. The summed E-state index contributed by atoms with van der Waals surface area (Å²) in [7, 11) is 0. The third-order valence-corrected chi connectivity index (χ3v) is 4.53. The van der Waals surface area contributed by atoms with Crippen molar-refractivity contribution in [2.75, 3.05) is 0 Å². The molecule has 1 N–H and O–H groups in total. The predicted octanol–water partition coefficient (Wildman–Crippen LogP) is 3.58. The number of carbonyl (C=O) groups is 1. The summed E-state index contributed by atoms with van der Waals surface area (Å²) in [6.45, 7) is 11.9. The number of nitrogens with zero attached hydrogens (tertiary/aromatic N) is 3. The number of halogens is 1. The van der Waals surface area contributed by atoms with E-state index in [0.29, 0.717) is 17.5 Å². The van der Waals surface area contributed by atoms with Gasteiger partial charge in [-0.2, -0.15) is 0 Å². The molecule has 0 aliphatic carbocycles. The third kappa shape index (κ3) is 6.09. The number of thioether (sulfide) groups is 1. The van der Waals surface area contributed by atoms with Crippen LogP contribution < -0.4 is 10.1 Å². The number of hydrogen-bond donors (Lipinski definition) is 1. The van der Waals surface area contributed by atoms with Gasteiger partial charge < -0.3 is 10.1 Å². The zero-order valence-electron chi connectivity index (χ0n) is 16.0. The highest BCUT2D eigenvalue weighted by Crippen LogP contribution is 2.24. The molecule has 1 amide bonds. The van der Waals surface area contributed by atoms with Crippen LogP contribution >= 0.6 is 11.8 Å². The molecular weight excluding hydrogens is 367 g/mol. The van der Waals surface area contributed by atoms with Gasteiger partial charge in [0.15, 0.2) is 22.5 Å². The van der Waals surface area contributed by atoms with Gasteiger partial charge in [0.05, 0.1) is 5.25 Å². The number of ether oxygens (including phenoxy) is 1. The van der Waals surface area contributed by atoms with Crippen molar-refractivity contribution in [1.29, 1.82) is 0 Å². The summed E-state index contributed by atoms with van der Waals surface area (Å²) in [5.74, 6) is 0.168. The van der Waals surface area contributed by atoms with E-state index >= 15 is 0 Å². The molecule has 2 rings (SSSR count). The van der Waals surface area contributed by atoms with Crippen molar-refractivity contribution in [2.45, 2.75) is 56.8 Å². The van der Waals surface area contributed by atoms with E-state index in [1.54, 1.807) is 28.8 Å². The minimum absolute atomic E-state index is 0.0604. The molecular formula is C19H25FN4O2S. The highest BCUT2D eigenvalue weighted by molar-refractivity contribution is 8.00. The Balaban J connectivity index is 2.10. The summed E-state index contributed by atoms with van der Waals surface area (Å²) in [6.07, 6.45) is 1.71. The molecule has 1 aromatic heterocycles. The van der Waals surface area contributed by atoms with Crippen LogP contribution in [-0.2, 0) is 17.9 Å². The van der Waals surface area contributed by atoms with E-state index in [1.807, 2.05) is 27.7 Å². The lowest BCUT2D eigenvalue weighted by atomic mass is 10.1. The molecule has 1 atom stereocenters. The molecule has 27 heavy (non-hydrogen) atoms. The van der Waals surface area contributed by atoms with Gasteiger partial charge in [-0.1, -0.05) is 30.0 Å². The van der Waals surface area contributed by atoms with E-state index in [1.165, 1.54) is 17.8 Å². The lowest BCUT2D eigenvalue weighted by Crippen LogP contribution is -2.44. The molecule has 8 heteroatoms. The molecule has 1 heterocycles. The number of nitrogens with one attached hydrogen (secondary N) is 1. The second kappa shape index (κ2) is 9.03. The number of para-hydroxylation sites is 1. The van der Waals surface area contributed by atoms with Crippen LogP contribution in [-0.4, -0.2) is 31.5 Å². The van der Waals surface area contributed by atoms with Crippen molar-refractivity contribution in [3.63, 3.8) is 0 Å². The molecule has 0 fully saturated rings. The quantitative estimate of drug-likeness (QED) is 0.549.